The summed E-state index contributed by atoms with van der Waals surface area (Å²) in [7, 11) is -1.79. The number of sulfone groups is 1. The van der Waals surface area contributed by atoms with E-state index in [2.05, 4.69) is 20.9 Å². The fourth-order valence-electron chi connectivity index (χ4n) is 0.645. The normalized spacial score (nSPS) is 21.3. The Morgan fingerprint density at radius 2 is 2.36 bits per heavy atom. The molecule has 0 aromatic rings. The second kappa shape index (κ2) is 3.04. The van der Waals surface area contributed by atoms with E-state index in [0.29, 0.717) is 5.70 Å². The van der Waals surface area contributed by atoms with Crippen LogP contribution in [0.2, 0.25) is 0 Å². The Labute approximate surface area is 73.0 Å². The summed E-state index contributed by atoms with van der Waals surface area (Å²) in [5.74, 6) is 0. The van der Waals surface area contributed by atoms with Crippen molar-refractivity contribution >= 4 is 29.7 Å². The highest BCUT2D eigenvalue weighted by atomic mass is 79.9. The molecule has 4 nitrogen and oxygen atoms in total. The highest BCUT2D eigenvalue weighted by Crippen LogP contribution is 2.17. The second-order valence-corrected chi connectivity index (χ2v) is 4.94. The average molecular weight is 240 g/mol. The van der Waals surface area contributed by atoms with Crippen molar-refractivity contribution in [1.29, 1.82) is 0 Å². The number of ether oxygens (including phenoxy) is 1. The van der Waals surface area contributed by atoms with Gasteiger partial charge in [-0.05, 0) is 15.9 Å². The van der Waals surface area contributed by atoms with Gasteiger partial charge in [0.05, 0.1) is 17.7 Å². The number of aliphatic imine (C=N–C) groups is 1. The van der Waals surface area contributed by atoms with Gasteiger partial charge < -0.3 is 4.74 Å². The van der Waals surface area contributed by atoms with Crippen LogP contribution in [0.1, 0.15) is 0 Å². The molecular weight excluding hydrogens is 234 g/mol. The molecule has 0 N–H and O–H groups in total. The Bertz CT molecular complexity index is 317. The molecule has 1 heterocycles. The van der Waals surface area contributed by atoms with Gasteiger partial charge in [0.25, 0.3) is 0 Å². The van der Waals surface area contributed by atoms with Gasteiger partial charge in [0, 0.05) is 7.11 Å². The van der Waals surface area contributed by atoms with Crippen LogP contribution in [-0.2, 0) is 14.6 Å². The summed E-state index contributed by atoms with van der Waals surface area (Å²) in [4.78, 5) is 3.71. The van der Waals surface area contributed by atoms with Gasteiger partial charge >= 0.3 is 0 Å². The molecule has 0 aliphatic carbocycles. The summed E-state index contributed by atoms with van der Waals surface area (Å²) in [5.41, 5.74) is 0.416. The van der Waals surface area contributed by atoms with E-state index < -0.39 is 9.84 Å². The molecule has 62 valence electrons. The van der Waals surface area contributed by atoms with Gasteiger partial charge in [-0.2, -0.15) is 0 Å². The predicted molar refractivity (Wildman–Crippen MR) is 45.2 cm³/mol. The number of hydrogen-bond donors (Lipinski definition) is 0. The lowest BCUT2D eigenvalue weighted by Crippen LogP contribution is -1.98. The van der Waals surface area contributed by atoms with Gasteiger partial charge in [0.1, 0.15) is 0 Å². The molecule has 6 heteroatoms. The summed E-state index contributed by atoms with van der Waals surface area (Å²) in [6.07, 6.45) is 0. The molecule has 0 bridgehead atoms. The first-order valence-electron chi connectivity index (χ1n) is 2.75. The molecule has 0 unspecified atom stereocenters. The van der Waals surface area contributed by atoms with Crippen LogP contribution in [0.3, 0.4) is 0 Å². The number of nitrogens with zero attached hydrogens (tertiary/aromatic N) is 1. The maximum atomic E-state index is 10.9. The number of methoxy groups -OCH3 is 1. The lowest BCUT2D eigenvalue weighted by Gasteiger charge is -1.91. The molecule has 0 amide bonds. The summed E-state index contributed by atoms with van der Waals surface area (Å²) in [6.45, 7) is 0.217. The van der Waals surface area contributed by atoms with Crippen LogP contribution < -0.4 is 0 Å². The zero-order valence-electron chi connectivity index (χ0n) is 5.74. The molecule has 0 saturated heterocycles. The fourth-order valence-corrected chi connectivity index (χ4v) is 1.97. The van der Waals surface area contributed by atoms with E-state index in [9.17, 15) is 8.42 Å². The molecule has 0 aromatic heterocycles. The van der Waals surface area contributed by atoms with Crippen LogP contribution in [0.5, 0.6) is 0 Å². The molecule has 11 heavy (non-hydrogen) atoms. The van der Waals surface area contributed by atoms with E-state index in [-0.39, 0.29) is 10.6 Å². The fraction of sp³-hybridized carbons (Fsp3) is 0.400. The van der Waals surface area contributed by atoms with Crippen molar-refractivity contribution in [2.24, 2.45) is 4.99 Å². The Kier molecular flexibility index (Phi) is 2.46. The van der Waals surface area contributed by atoms with Crippen molar-refractivity contribution in [3.8, 4) is 0 Å². The van der Waals surface area contributed by atoms with Crippen LogP contribution in [0, 0.1) is 0 Å². The van der Waals surface area contributed by atoms with Gasteiger partial charge in [0.15, 0.2) is 0 Å². The van der Waals surface area contributed by atoms with Gasteiger partial charge in [-0.3, -0.25) is 0 Å². The minimum absolute atomic E-state index is 0.0444. The van der Waals surface area contributed by atoms with E-state index in [0.717, 1.165) is 5.41 Å². The number of halogens is 1. The predicted octanol–water partition coefficient (Wildman–Crippen LogP) is 0.654. The van der Waals surface area contributed by atoms with Gasteiger partial charge in [-0.15, -0.1) is 0 Å². The van der Waals surface area contributed by atoms with Gasteiger partial charge in [0.2, 0.25) is 13.8 Å². The average Bonchev–Trinajstić information content (AvgIpc) is 2.08. The maximum absolute atomic E-state index is 10.9. The van der Waals surface area contributed by atoms with Crippen LogP contribution in [0.4, 0.5) is 0 Å². The SMILES string of the molecule is COCC1=CS(=O)(=O)C(Br)=N1. The monoisotopic (exact) mass is 239 g/mol. The lowest BCUT2D eigenvalue weighted by molar-refractivity contribution is 0.225. The van der Waals surface area contributed by atoms with Crippen LogP contribution in [0.25, 0.3) is 0 Å². The Hall–Kier alpha value is -0.200. The van der Waals surface area contributed by atoms with Crippen molar-refractivity contribution in [2.75, 3.05) is 13.7 Å². The number of rotatable bonds is 2. The summed E-state index contributed by atoms with van der Waals surface area (Å²) < 4.78 is 26.5. The summed E-state index contributed by atoms with van der Waals surface area (Å²) in [5, 5.41) is 1.08. The zero-order chi connectivity index (χ0) is 8.48. The summed E-state index contributed by atoms with van der Waals surface area (Å²) >= 11 is 2.82. The molecule has 0 spiro atoms. The zero-order valence-corrected chi connectivity index (χ0v) is 8.15. The summed E-state index contributed by atoms with van der Waals surface area (Å²) in [6, 6.07) is 0. The molecule has 0 radical (unpaired) electrons. The van der Waals surface area contributed by atoms with Crippen LogP contribution in [0.15, 0.2) is 16.1 Å². The van der Waals surface area contributed by atoms with Crippen molar-refractivity contribution in [3.63, 3.8) is 0 Å². The van der Waals surface area contributed by atoms with Gasteiger partial charge in [-0.25, -0.2) is 13.4 Å². The topological polar surface area (TPSA) is 55.7 Å². The van der Waals surface area contributed by atoms with Crippen molar-refractivity contribution in [1.82, 2.24) is 0 Å². The molecule has 0 fully saturated rings. The third-order valence-electron chi connectivity index (χ3n) is 1.05. The molecular formula is C5H6BrNO3S. The highest BCUT2D eigenvalue weighted by Gasteiger charge is 2.21. The second-order valence-electron chi connectivity index (χ2n) is 1.95. The molecule has 1 aliphatic heterocycles. The van der Waals surface area contributed by atoms with Gasteiger partial charge in [-0.1, -0.05) is 0 Å². The Morgan fingerprint density at radius 1 is 1.73 bits per heavy atom. The van der Waals surface area contributed by atoms with E-state index >= 15 is 0 Å². The minimum Gasteiger partial charge on any atom is -0.378 e. The van der Waals surface area contributed by atoms with E-state index in [1.165, 1.54) is 7.11 Å². The van der Waals surface area contributed by atoms with Crippen molar-refractivity contribution in [2.45, 2.75) is 0 Å². The maximum Gasteiger partial charge on any atom is 0.225 e. The smallest absolute Gasteiger partial charge is 0.225 e. The third-order valence-corrected chi connectivity index (χ3v) is 3.72. The van der Waals surface area contributed by atoms with E-state index in [1.807, 2.05) is 0 Å². The van der Waals surface area contributed by atoms with Crippen molar-refractivity contribution < 1.29 is 13.2 Å². The Balaban J connectivity index is 2.92. The van der Waals surface area contributed by atoms with Crippen LogP contribution >= 0.6 is 15.9 Å². The highest BCUT2D eigenvalue weighted by molar-refractivity contribution is 9.21. The Morgan fingerprint density at radius 3 is 2.73 bits per heavy atom. The first-order valence-corrected chi connectivity index (χ1v) is 5.09. The molecule has 0 aromatic carbocycles. The lowest BCUT2D eigenvalue weighted by atomic mass is 10.5. The molecule has 0 atom stereocenters. The van der Waals surface area contributed by atoms with E-state index in [1.54, 1.807) is 0 Å². The molecule has 0 saturated carbocycles. The first kappa shape index (κ1) is 8.89. The molecule has 1 rings (SSSR count). The molecule has 1 aliphatic rings. The quantitative estimate of drug-likeness (QED) is 0.712. The van der Waals surface area contributed by atoms with Crippen molar-refractivity contribution in [3.05, 3.63) is 11.1 Å². The largest absolute Gasteiger partial charge is 0.378 e. The number of hydrogen-bond acceptors (Lipinski definition) is 4. The first-order chi connectivity index (χ1) is 5.06. The standard InChI is InChI=1S/C5H6BrNO3S/c1-10-2-4-3-11(8,9)5(6)7-4/h3H,2H2,1H3. The third kappa shape index (κ3) is 1.88. The van der Waals surface area contributed by atoms with E-state index in [4.69, 9.17) is 4.74 Å². The minimum atomic E-state index is -3.27. The van der Waals surface area contributed by atoms with Crippen LogP contribution in [-0.4, -0.2) is 26.1 Å².